The largest absolute Gasteiger partial charge is 0.339 e. The van der Waals surface area contributed by atoms with E-state index in [0.717, 1.165) is 62.7 Å². The summed E-state index contributed by atoms with van der Waals surface area (Å²) >= 11 is 0. The fourth-order valence-corrected chi connectivity index (χ4v) is 4.64. The van der Waals surface area contributed by atoms with E-state index < -0.39 is 0 Å². The molecule has 0 bridgehead atoms. The van der Waals surface area contributed by atoms with Gasteiger partial charge in [-0.15, -0.1) is 0 Å². The topological polar surface area (TPSA) is 52.6 Å². The molecule has 1 aromatic heterocycles. The lowest BCUT2D eigenvalue weighted by Crippen LogP contribution is -2.54. The number of carbonyl (C=O) groups excluding carboxylic acids is 1. The molecule has 1 saturated carbocycles. The molecule has 2 fully saturated rings. The van der Waals surface area contributed by atoms with Gasteiger partial charge in [-0.2, -0.15) is 0 Å². The van der Waals surface area contributed by atoms with Gasteiger partial charge in [0.1, 0.15) is 6.33 Å². The molecule has 1 aromatic carbocycles. The highest BCUT2D eigenvalue weighted by atomic mass is 16.2. The van der Waals surface area contributed by atoms with Crippen molar-refractivity contribution >= 4 is 5.91 Å². The zero-order valence-corrected chi connectivity index (χ0v) is 19.0. The number of aromatic nitrogens is 2. The molecule has 2 heterocycles. The van der Waals surface area contributed by atoms with Crippen molar-refractivity contribution in [2.75, 3.05) is 46.3 Å². The fourth-order valence-electron chi connectivity index (χ4n) is 4.64. The summed E-state index contributed by atoms with van der Waals surface area (Å²) in [7, 11) is 2.06. The Morgan fingerprint density at radius 1 is 1.06 bits per heavy atom. The highest BCUT2D eigenvalue weighted by molar-refractivity contribution is 5.78. The molecule has 31 heavy (non-hydrogen) atoms. The van der Waals surface area contributed by atoms with Gasteiger partial charge in [-0.3, -0.25) is 14.6 Å². The van der Waals surface area contributed by atoms with Crippen LogP contribution in [0.4, 0.5) is 0 Å². The van der Waals surface area contributed by atoms with E-state index in [1.54, 1.807) is 6.33 Å². The van der Waals surface area contributed by atoms with E-state index in [-0.39, 0.29) is 5.91 Å². The lowest BCUT2D eigenvalue weighted by molar-refractivity contribution is -0.134. The van der Waals surface area contributed by atoms with Crippen molar-refractivity contribution < 1.29 is 4.79 Å². The Morgan fingerprint density at radius 3 is 2.45 bits per heavy atom. The Labute approximate surface area is 186 Å². The van der Waals surface area contributed by atoms with Gasteiger partial charge < -0.3 is 4.90 Å². The Balaban J connectivity index is 1.26. The maximum atomic E-state index is 12.8. The number of nitrogens with zero attached hydrogens (tertiary/aromatic N) is 5. The highest BCUT2D eigenvalue weighted by Crippen LogP contribution is 2.25. The Hall–Kier alpha value is -2.31. The first-order valence-corrected chi connectivity index (χ1v) is 11.7. The summed E-state index contributed by atoms with van der Waals surface area (Å²) in [6.07, 6.45) is 11.3. The van der Waals surface area contributed by atoms with Crippen LogP contribution in [-0.4, -0.2) is 82.9 Å². The minimum Gasteiger partial charge on any atom is -0.339 e. The van der Waals surface area contributed by atoms with Crippen LogP contribution in [0.25, 0.3) is 11.1 Å². The highest BCUT2D eigenvalue weighted by Gasteiger charge is 2.29. The minimum absolute atomic E-state index is 0.269. The van der Waals surface area contributed by atoms with Crippen LogP contribution < -0.4 is 0 Å². The number of amides is 1. The van der Waals surface area contributed by atoms with Crippen LogP contribution in [0.1, 0.15) is 37.3 Å². The summed E-state index contributed by atoms with van der Waals surface area (Å²) in [5.74, 6) is 0.269. The summed E-state index contributed by atoms with van der Waals surface area (Å²) < 4.78 is 0. The molecule has 4 rings (SSSR count). The molecule has 6 nitrogen and oxygen atoms in total. The smallest absolute Gasteiger partial charge is 0.236 e. The van der Waals surface area contributed by atoms with Crippen molar-refractivity contribution in [3.05, 3.63) is 48.0 Å². The zero-order valence-electron chi connectivity index (χ0n) is 19.0. The summed E-state index contributed by atoms with van der Waals surface area (Å²) in [4.78, 5) is 27.8. The van der Waals surface area contributed by atoms with Crippen LogP contribution >= 0.6 is 0 Å². The van der Waals surface area contributed by atoms with Gasteiger partial charge in [0.2, 0.25) is 5.91 Å². The van der Waals surface area contributed by atoms with Crippen molar-refractivity contribution in [2.45, 2.75) is 45.1 Å². The molecule has 6 heteroatoms. The number of rotatable bonds is 8. The van der Waals surface area contributed by atoms with E-state index in [0.29, 0.717) is 6.54 Å². The van der Waals surface area contributed by atoms with Gasteiger partial charge in [-0.1, -0.05) is 31.5 Å². The average molecular weight is 422 g/mol. The lowest BCUT2D eigenvalue weighted by Gasteiger charge is -2.43. The van der Waals surface area contributed by atoms with Crippen LogP contribution in [-0.2, 0) is 17.6 Å². The molecule has 2 aromatic rings. The van der Waals surface area contributed by atoms with Gasteiger partial charge in [0.25, 0.3) is 0 Å². The second-order valence-electron chi connectivity index (χ2n) is 8.95. The molecule has 0 atom stereocenters. The molecule has 2 aliphatic rings. The van der Waals surface area contributed by atoms with E-state index in [1.807, 2.05) is 12.4 Å². The summed E-state index contributed by atoms with van der Waals surface area (Å²) in [6, 6.07) is 7.41. The molecule has 1 saturated heterocycles. The van der Waals surface area contributed by atoms with E-state index >= 15 is 0 Å². The maximum Gasteiger partial charge on any atom is 0.236 e. The molecule has 1 aliphatic carbocycles. The first-order valence-electron chi connectivity index (χ1n) is 11.7. The minimum atomic E-state index is 0.269. The van der Waals surface area contributed by atoms with Crippen molar-refractivity contribution in [1.29, 1.82) is 0 Å². The van der Waals surface area contributed by atoms with Crippen molar-refractivity contribution in [3.8, 4) is 11.1 Å². The van der Waals surface area contributed by atoms with Gasteiger partial charge in [0, 0.05) is 56.7 Å². The van der Waals surface area contributed by atoms with Crippen LogP contribution in [0.2, 0.25) is 0 Å². The second-order valence-corrected chi connectivity index (χ2v) is 8.95. The third kappa shape index (κ3) is 5.49. The monoisotopic (exact) mass is 421 g/mol. The fraction of sp³-hybridized carbons (Fsp3) is 0.560. The molecule has 0 radical (unpaired) electrons. The SMILES string of the molecule is CCc1cc(-c2cncnc2)ccc1CCN(C)CC(=O)N1CCN(C2CCC2)CC1. The van der Waals surface area contributed by atoms with Gasteiger partial charge >= 0.3 is 0 Å². The number of hydrogen-bond acceptors (Lipinski definition) is 5. The molecule has 166 valence electrons. The number of likely N-dealkylation sites (N-methyl/N-ethyl adjacent to an activating group) is 1. The van der Waals surface area contributed by atoms with Gasteiger partial charge in [-0.05, 0) is 49.4 Å². The first-order chi connectivity index (χ1) is 15.1. The maximum absolute atomic E-state index is 12.8. The van der Waals surface area contributed by atoms with Crippen LogP contribution in [0.5, 0.6) is 0 Å². The van der Waals surface area contributed by atoms with Gasteiger partial charge in [0.15, 0.2) is 0 Å². The Morgan fingerprint density at radius 2 is 1.81 bits per heavy atom. The van der Waals surface area contributed by atoms with Gasteiger partial charge in [0.05, 0.1) is 6.54 Å². The predicted octanol–water partition coefficient (Wildman–Crippen LogP) is 2.88. The predicted molar refractivity (Wildman–Crippen MR) is 124 cm³/mol. The third-order valence-corrected chi connectivity index (χ3v) is 6.91. The van der Waals surface area contributed by atoms with Gasteiger partial charge in [-0.25, -0.2) is 9.97 Å². The number of benzene rings is 1. The van der Waals surface area contributed by atoms with Crippen LogP contribution in [0, 0.1) is 0 Å². The van der Waals surface area contributed by atoms with Crippen molar-refractivity contribution in [3.63, 3.8) is 0 Å². The molecule has 0 unspecified atom stereocenters. The van der Waals surface area contributed by atoms with E-state index in [2.05, 4.69) is 56.8 Å². The lowest BCUT2D eigenvalue weighted by atomic mass is 9.91. The molecular weight excluding hydrogens is 386 g/mol. The van der Waals surface area contributed by atoms with E-state index in [1.165, 1.54) is 30.4 Å². The average Bonchev–Trinajstić information content (AvgIpc) is 2.77. The van der Waals surface area contributed by atoms with E-state index in [9.17, 15) is 4.79 Å². The molecule has 1 aliphatic heterocycles. The summed E-state index contributed by atoms with van der Waals surface area (Å²) in [6.45, 7) is 7.43. The van der Waals surface area contributed by atoms with Crippen molar-refractivity contribution in [2.24, 2.45) is 0 Å². The zero-order chi connectivity index (χ0) is 21.6. The van der Waals surface area contributed by atoms with E-state index in [4.69, 9.17) is 0 Å². The first kappa shape index (κ1) is 21.9. The molecule has 1 amide bonds. The van der Waals surface area contributed by atoms with Crippen LogP contribution in [0.3, 0.4) is 0 Å². The molecular formula is C25H35N5O. The standard InChI is InChI=1S/C25H35N5O/c1-3-20-15-22(23-16-26-19-27-17-23)8-7-21(20)9-10-28(2)18-25(31)30-13-11-29(12-14-30)24-5-4-6-24/h7-8,15-17,19,24H,3-6,9-14,18H2,1-2H3. The molecule has 0 N–H and O–H groups in total. The normalized spacial score (nSPS) is 17.7. The molecule has 0 spiro atoms. The Kier molecular flexibility index (Phi) is 7.30. The third-order valence-electron chi connectivity index (χ3n) is 6.91. The second kappa shape index (κ2) is 10.3. The Bertz CT molecular complexity index is 859. The number of carbonyl (C=O) groups is 1. The number of aryl methyl sites for hydroxylation is 1. The number of hydrogen-bond donors (Lipinski definition) is 0. The van der Waals surface area contributed by atoms with Crippen LogP contribution in [0.15, 0.2) is 36.9 Å². The summed E-state index contributed by atoms with van der Waals surface area (Å²) in [5, 5.41) is 0. The van der Waals surface area contributed by atoms with Crippen molar-refractivity contribution in [1.82, 2.24) is 24.7 Å². The number of piperazine rings is 1. The quantitative estimate of drug-likeness (QED) is 0.656. The summed E-state index contributed by atoms with van der Waals surface area (Å²) in [5.41, 5.74) is 4.92.